The van der Waals surface area contributed by atoms with Crippen LogP contribution in [0.25, 0.3) is 10.9 Å². The van der Waals surface area contributed by atoms with E-state index in [0.717, 1.165) is 28.6 Å². The van der Waals surface area contributed by atoms with Crippen molar-refractivity contribution in [2.75, 3.05) is 6.61 Å². The molecule has 2 heterocycles. The van der Waals surface area contributed by atoms with Crippen molar-refractivity contribution in [1.29, 1.82) is 0 Å². The molecule has 0 saturated carbocycles. The number of amides is 1. The minimum absolute atomic E-state index is 0.0379. The van der Waals surface area contributed by atoms with E-state index < -0.39 is 0 Å². The van der Waals surface area contributed by atoms with E-state index in [4.69, 9.17) is 16.3 Å². The Bertz CT molecular complexity index is 932. The third-order valence-electron chi connectivity index (χ3n) is 4.50. The lowest BCUT2D eigenvalue weighted by Gasteiger charge is -2.26. The Morgan fingerprint density at radius 1 is 1.25 bits per heavy atom. The number of nitrogens with one attached hydrogen (secondary N) is 1. The van der Waals surface area contributed by atoms with E-state index in [-0.39, 0.29) is 11.9 Å². The fraction of sp³-hybridized carbons (Fsp3) is 0.211. The number of ether oxygens (including phenoxy) is 1. The highest BCUT2D eigenvalue weighted by molar-refractivity contribution is 6.31. The van der Waals surface area contributed by atoms with Gasteiger partial charge in [0, 0.05) is 35.0 Å². The molecule has 0 unspecified atom stereocenters. The third-order valence-corrected chi connectivity index (χ3v) is 4.74. The third kappa shape index (κ3) is 2.53. The van der Waals surface area contributed by atoms with E-state index in [9.17, 15) is 4.79 Å². The van der Waals surface area contributed by atoms with Gasteiger partial charge in [0.2, 0.25) is 0 Å². The lowest BCUT2D eigenvalue weighted by molar-refractivity contribution is 0.0917. The van der Waals surface area contributed by atoms with Crippen molar-refractivity contribution < 1.29 is 9.53 Å². The van der Waals surface area contributed by atoms with Gasteiger partial charge in [0.25, 0.3) is 5.91 Å². The van der Waals surface area contributed by atoms with Crippen LogP contribution in [0.15, 0.2) is 48.5 Å². The quantitative estimate of drug-likeness (QED) is 0.763. The molecular weight excluding hydrogens is 324 g/mol. The second kappa shape index (κ2) is 5.87. The fourth-order valence-corrected chi connectivity index (χ4v) is 3.44. The van der Waals surface area contributed by atoms with Gasteiger partial charge < -0.3 is 14.6 Å². The van der Waals surface area contributed by atoms with Gasteiger partial charge in [0.05, 0.1) is 12.6 Å². The normalized spacial score (nSPS) is 16.5. The molecule has 1 N–H and O–H groups in total. The molecule has 4 rings (SSSR count). The number of aryl methyl sites for hydroxylation is 1. The molecule has 0 saturated heterocycles. The first-order chi connectivity index (χ1) is 11.6. The number of halogens is 1. The Balaban J connectivity index is 1.65. The summed E-state index contributed by atoms with van der Waals surface area (Å²) in [6.07, 6.45) is 0.762. The van der Waals surface area contributed by atoms with Crippen molar-refractivity contribution in [3.8, 4) is 5.75 Å². The van der Waals surface area contributed by atoms with Crippen molar-refractivity contribution in [3.05, 3.63) is 64.8 Å². The van der Waals surface area contributed by atoms with Crippen molar-refractivity contribution in [1.82, 2.24) is 9.88 Å². The maximum Gasteiger partial charge on any atom is 0.268 e. The van der Waals surface area contributed by atoms with Crippen LogP contribution in [0.5, 0.6) is 5.75 Å². The summed E-state index contributed by atoms with van der Waals surface area (Å²) >= 11 is 6.05. The summed E-state index contributed by atoms with van der Waals surface area (Å²) in [5, 5.41) is 4.76. The van der Waals surface area contributed by atoms with Crippen LogP contribution in [-0.2, 0) is 7.05 Å². The number of nitrogens with zero attached hydrogens (tertiary/aromatic N) is 1. The van der Waals surface area contributed by atoms with Crippen LogP contribution in [0.4, 0.5) is 0 Å². The number of rotatable bonds is 2. The van der Waals surface area contributed by atoms with E-state index in [0.29, 0.717) is 17.3 Å². The van der Waals surface area contributed by atoms with E-state index in [2.05, 4.69) is 5.32 Å². The van der Waals surface area contributed by atoms with Gasteiger partial charge >= 0.3 is 0 Å². The second-order valence-corrected chi connectivity index (χ2v) is 6.43. The van der Waals surface area contributed by atoms with Crippen LogP contribution in [0.2, 0.25) is 5.02 Å². The SMILES string of the molecule is Cn1c(C(=O)N[C@H]2CCOc3ccccc32)cc2cc(Cl)ccc21. The zero-order chi connectivity index (χ0) is 16.7. The first-order valence-electron chi connectivity index (χ1n) is 7.91. The molecule has 4 nitrogen and oxygen atoms in total. The molecule has 5 heteroatoms. The molecule has 2 aromatic carbocycles. The Hall–Kier alpha value is -2.46. The predicted octanol–water partition coefficient (Wildman–Crippen LogP) is 4.09. The summed E-state index contributed by atoms with van der Waals surface area (Å²) in [6.45, 7) is 0.604. The summed E-state index contributed by atoms with van der Waals surface area (Å²) in [4.78, 5) is 12.8. The number of benzene rings is 2. The summed E-state index contributed by atoms with van der Waals surface area (Å²) in [5.41, 5.74) is 2.63. The Morgan fingerprint density at radius 3 is 2.96 bits per heavy atom. The van der Waals surface area contributed by atoms with Crippen molar-refractivity contribution in [2.24, 2.45) is 7.05 Å². The highest BCUT2D eigenvalue weighted by atomic mass is 35.5. The number of aromatic nitrogens is 1. The second-order valence-electron chi connectivity index (χ2n) is 5.99. The fourth-order valence-electron chi connectivity index (χ4n) is 3.26. The number of hydrogen-bond donors (Lipinski definition) is 1. The zero-order valence-corrected chi connectivity index (χ0v) is 14.0. The Morgan fingerprint density at radius 2 is 2.08 bits per heavy atom. The van der Waals surface area contributed by atoms with Gasteiger partial charge in [-0.15, -0.1) is 0 Å². The first-order valence-corrected chi connectivity index (χ1v) is 8.29. The topological polar surface area (TPSA) is 43.3 Å². The van der Waals surface area contributed by atoms with Crippen molar-refractivity contribution in [2.45, 2.75) is 12.5 Å². The van der Waals surface area contributed by atoms with Gasteiger partial charge in [0.1, 0.15) is 11.4 Å². The van der Waals surface area contributed by atoms with Gasteiger partial charge in [-0.25, -0.2) is 0 Å². The molecule has 122 valence electrons. The summed E-state index contributed by atoms with van der Waals surface area (Å²) in [5.74, 6) is 0.754. The molecule has 0 aliphatic carbocycles. The molecule has 1 atom stereocenters. The predicted molar refractivity (Wildman–Crippen MR) is 94.7 cm³/mol. The highest BCUT2D eigenvalue weighted by Crippen LogP contribution is 2.32. The summed E-state index contributed by atoms with van der Waals surface area (Å²) in [7, 11) is 1.89. The van der Waals surface area contributed by atoms with Gasteiger partial charge in [-0.1, -0.05) is 29.8 Å². The number of carbonyl (C=O) groups is 1. The summed E-state index contributed by atoms with van der Waals surface area (Å²) < 4.78 is 7.55. The van der Waals surface area contributed by atoms with E-state index in [1.165, 1.54) is 0 Å². The monoisotopic (exact) mass is 340 g/mol. The maximum absolute atomic E-state index is 12.8. The first kappa shape index (κ1) is 15.1. The molecule has 0 spiro atoms. The average Bonchev–Trinajstić information content (AvgIpc) is 2.91. The van der Waals surface area contributed by atoms with E-state index in [1.807, 2.05) is 60.1 Å². The van der Waals surface area contributed by atoms with E-state index >= 15 is 0 Å². The molecule has 1 amide bonds. The Kier molecular flexibility index (Phi) is 3.69. The standard InChI is InChI=1S/C19H17ClN2O2/c1-22-16-7-6-13(20)10-12(16)11-17(22)19(23)21-15-8-9-24-18-5-3-2-4-14(15)18/h2-7,10-11,15H,8-9H2,1H3,(H,21,23)/t15-/m0/s1. The molecule has 3 aromatic rings. The number of fused-ring (bicyclic) bond motifs is 2. The lowest BCUT2D eigenvalue weighted by atomic mass is 10.0. The number of carbonyl (C=O) groups excluding carboxylic acids is 1. The van der Waals surface area contributed by atoms with Gasteiger partial charge in [-0.2, -0.15) is 0 Å². The molecule has 0 radical (unpaired) electrons. The summed E-state index contributed by atoms with van der Waals surface area (Å²) in [6, 6.07) is 15.3. The Labute approximate surface area is 145 Å². The van der Waals surface area contributed by atoms with Crippen LogP contribution in [0.1, 0.15) is 28.5 Å². The molecule has 1 aliphatic heterocycles. The molecular formula is C19H17ClN2O2. The molecule has 0 fully saturated rings. The molecule has 1 aliphatic rings. The molecule has 0 bridgehead atoms. The largest absolute Gasteiger partial charge is 0.493 e. The van der Waals surface area contributed by atoms with Crippen LogP contribution in [-0.4, -0.2) is 17.1 Å². The lowest BCUT2D eigenvalue weighted by Crippen LogP contribution is -2.33. The van der Waals surface area contributed by atoms with Gasteiger partial charge in [-0.3, -0.25) is 4.79 Å². The number of para-hydroxylation sites is 1. The maximum atomic E-state index is 12.8. The zero-order valence-electron chi connectivity index (χ0n) is 13.3. The minimum Gasteiger partial charge on any atom is -0.493 e. The van der Waals surface area contributed by atoms with Gasteiger partial charge in [0.15, 0.2) is 0 Å². The minimum atomic E-state index is -0.0912. The van der Waals surface area contributed by atoms with Crippen LogP contribution in [0, 0.1) is 0 Å². The van der Waals surface area contributed by atoms with Gasteiger partial charge in [-0.05, 0) is 30.3 Å². The molecule has 1 aromatic heterocycles. The van der Waals surface area contributed by atoms with Crippen LogP contribution < -0.4 is 10.1 Å². The average molecular weight is 341 g/mol. The molecule has 24 heavy (non-hydrogen) atoms. The van der Waals surface area contributed by atoms with Crippen molar-refractivity contribution in [3.63, 3.8) is 0 Å². The van der Waals surface area contributed by atoms with Crippen LogP contribution in [0.3, 0.4) is 0 Å². The highest BCUT2D eigenvalue weighted by Gasteiger charge is 2.24. The van der Waals surface area contributed by atoms with E-state index in [1.54, 1.807) is 0 Å². The number of hydrogen-bond acceptors (Lipinski definition) is 2. The smallest absolute Gasteiger partial charge is 0.268 e. The van der Waals surface area contributed by atoms with Crippen molar-refractivity contribution >= 4 is 28.4 Å². The van der Waals surface area contributed by atoms with Crippen LogP contribution >= 0.6 is 11.6 Å².